The van der Waals surface area contributed by atoms with Gasteiger partial charge in [0, 0.05) is 15.4 Å². The highest BCUT2D eigenvalue weighted by molar-refractivity contribution is 9.11. The van der Waals surface area contributed by atoms with Crippen LogP contribution in [-0.4, -0.2) is 23.7 Å². The number of hydrogen-bond acceptors (Lipinski definition) is 3. The molecular formula is C21H21Br2F3O3. The average molecular weight is 538 g/mol. The fourth-order valence-electron chi connectivity index (χ4n) is 2.73. The molecule has 2 rings (SSSR count). The van der Waals surface area contributed by atoms with Crippen LogP contribution in [0.15, 0.2) is 39.3 Å². The van der Waals surface area contributed by atoms with Gasteiger partial charge in [0.2, 0.25) is 0 Å². The molecule has 0 heterocycles. The summed E-state index contributed by atoms with van der Waals surface area (Å²) in [7, 11) is 0. The van der Waals surface area contributed by atoms with Crippen molar-refractivity contribution in [1.82, 2.24) is 0 Å². The number of ketones is 1. The first-order valence-corrected chi connectivity index (χ1v) is 10.6. The first kappa shape index (κ1) is 23.7. The molecule has 0 amide bonds. The quantitative estimate of drug-likeness (QED) is 0.397. The number of phenolic OH excluding ortho intramolecular Hbond substituents is 1. The van der Waals surface area contributed by atoms with Crippen LogP contribution in [0.5, 0.6) is 11.5 Å². The van der Waals surface area contributed by atoms with Crippen LogP contribution < -0.4 is 4.74 Å². The molecule has 29 heavy (non-hydrogen) atoms. The van der Waals surface area contributed by atoms with Gasteiger partial charge in [0.05, 0.1) is 6.42 Å². The predicted molar refractivity (Wildman–Crippen MR) is 113 cm³/mol. The van der Waals surface area contributed by atoms with Gasteiger partial charge in [-0.2, -0.15) is 13.2 Å². The van der Waals surface area contributed by atoms with E-state index in [1.807, 2.05) is 26.0 Å². The minimum atomic E-state index is -4.35. The maximum Gasteiger partial charge on any atom is 0.389 e. The number of rotatable bonds is 8. The third-order valence-electron chi connectivity index (χ3n) is 4.30. The van der Waals surface area contributed by atoms with Gasteiger partial charge in [-0.1, -0.05) is 57.8 Å². The minimum absolute atomic E-state index is 0.187. The topological polar surface area (TPSA) is 46.5 Å². The molecule has 0 saturated heterocycles. The summed E-state index contributed by atoms with van der Waals surface area (Å²) in [6.45, 7) is 3.60. The van der Waals surface area contributed by atoms with Crippen molar-refractivity contribution in [2.75, 3.05) is 6.61 Å². The monoisotopic (exact) mass is 536 g/mol. The number of hydrogen-bond donors (Lipinski definition) is 1. The van der Waals surface area contributed by atoms with E-state index >= 15 is 0 Å². The van der Waals surface area contributed by atoms with Gasteiger partial charge in [0.1, 0.15) is 18.1 Å². The van der Waals surface area contributed by atoms with Crippen LogP contribution in [0, 0.1) is 0 Å². The van der Waals surface area contributed by atoms with Gasteiger partial charge in [0.15, 0.2) is 5.78 Å². The lowest BCUT2D eigenvalue weighted by Gasteiger charge is -2.14. The molecule has 158 valence electrons. The molecule has 0 bridgehead atoms. The van der Waals surface area contributed by atoms with Crippen molar-refractivity contribution in [3.8, 4) is 11.5 Å². The molecular weight excluding hydrogens is 517 g/mol. The van der Waals surface area contributed by atoms with Crippen LogP contribution in [0.2, 0.25) is 0 Å². The van der Waals surface area contributed by atoms with E-state index in [2.05, 4.69) is 31.9 Å². The Morgan fingerprint density at radius 1 is 1.14 bits per heavy atom. The Labute approximate surface area is 184 Å². The number of carbonyl (C=O) groups excluding carboxylic acids is 1. The molecule has 3 nitrogen and oxygen atoms in total. The SMILES string of the molecule is CC(C)c1cc(Cc2c(Br)cc(OCC(=O)CCC(F)(F)F)cc2Br)ccc1O. The second kappa shape index (κ2) is 9.98. The first-order valence-electron chi connectivity index (χ1n) is 8.97. The molecule has 2 aromatic carbocycles. The third-order valence-corrected chi connectivity index (χ3v) is 5.71. The van der Waals surface area contributed by atoms with Gasteiger partial charge in [-0.3, -0.25) is 4.79 Å². The van der Waals surface area contributed by atoms with E-state index in [1.165, 1.54) is 0 Å². The molecule has 8 heteroatoms. The summed E-state index contributed by atoms with van der Waals surface area (Å²) >= 11 is 6.98. The maximum absolute atomic E-state index is 12.2. The Morgan fingerprint density at radius 3 is 2.31 bits per heavy atom. The highest BCUT2D eigenvalue weighted by atomic mass is 79.9. The van der Waals surface area contributed by atoms with Crippen molar-refractivity contribution >= 4 is 37.6 Å². The second-order valence-corrected chi connectivity index (χ2v) is 8.74. The first-order chi connectivity index (χ1) is 13.5. The van der Waals surface area contributed by atoms with Gasteiger partial charge in [-0.15, -0.1) is 0 Å². The largest absolute Gasteiger partial charge is 0.508 e. The third kappa shape index (κ3) is 7.33. The van der Waals surface area contributed by atoms with E-state index in [0.717, 1.165) is 25.6 Å². The normalized spacial score (nSPS) is 11.7. The Hall–Kier alpha value is -1.54. The molecule has 0 aromatic heterocycles. The number of aromatic hydroxyl groups is 1. The van der Waals surface area contributed by atoms with E-state index in [0.29, 0.717) is 12.2 Å². The van der Waals surface area contributed by atoms with Crippen LogP contribution >= 0.6 is 31.9 Å². The summed E-state index contributed by atoms with van der Waals surface area (Å²) in [6, 6.07) is 8.85. The Morgan fingerprint density at radius 2 is 1.76 bits per heavy atom. The number of phenols is 1. The molecule has 0 atom stereocenters. The number of alkyl halides is 3. The summed E-state index contributed by atoms with van der Waals surface area (Å²) in [5.74, 6) is 0.221. The molecule has 0 radical (unpaired) electrons. The summed E-state index contributed by atoms with van der Waals surface area (Å²) in [4.78, 5) is 11.6. The Balaban J connectivity index is 2.08. The van der Waals surface area contributed by atoms with Gasteiger partial charge >= 0.3 is 6.18 Å². The molecule has 0 fully saturated rings. The standard InChI is InChI=1S/C21H21Br2F3O3/c1-12(2)16-7-13(3-4-20(16)28)8-17-18(22)9-15(10-19(17)23)29-11-14(27)5-6-21(24,25)26/h3-4,7,9-10,12,28H,5-6,8,11H2,1-2H3. The highest BCUT2D eigenvalue weighted by Crippen LogP contribution is 2.34. The molecule has 0 saturated carbocycles. The molecule has 0 aliphatic rings. The summed E-state index contributed by atoms with van der Waals surface area (Å²) < 4.78 is 43.4. The zero-order valence-corrected chi connectivity index (χ0v) is 19.1. The number of benzene rings is 2. The van der Waals surface area contributed by atoms with E-state index in [-0.39, 0.29) is 11.7 Å². The van der Waals surface area contributed by atoms with E-state index < -0.39 is 31.4 Å². The van der Waals surface area contributed by atoms with Crippen molar-refractivity contribution in [2.45, 2.75) is 45.2 Å². The van der Waals surface area contributed by atoms with Crippen molar-refractivity contribution in [3.63, 3.8) is 0 Å². The number of halogens is 5. The molecule has 0 aliphatic heterocycles. The highest BCUT2D eigenvalue weighted by Gasteiger charge is 2.27. The molecule has 0 spiro atoms. The smallest absolute Gasteiger partial charge is 0.389 e. The number of carbonyl (C=O) groups is 1. The number of ether oxygens (including phenoxy) is 1. The van der Waals surface area contributed by atoms with Crippen molar-refractivity contribution in [1.29, 1.82) is 0 Å². The van der Waals surface area contributed by atoms with Crippen molar-refractivity contribution < 1.29 is 27.8 Å². The fourth-order valence-corrected chi connectivity index (χ4v) is 4.15. The van der Waals surface area contributed by atoms with Crippen molar-refractivity contribution in [3.05, 3.63) is 56.0 Å². The van der Waals surface area contributed by atoms with Crippen LogP contribution in [-0.2, 0) is 11.2 Å². The zero-order valence-electron chi connectivity index (χ0n) is 15.9. The molecule has 0 unspecified atom stereocenters. The van der Waals surface area contributed by atoms with Gasteiger partial charge < -0.3 is 9.84 Å². The maximum atomic E-state index is 12.2. The van der Waals surface area contributed by atoms with Gasteiger partial charge in [-0.05, 0) is 47.2 Å². The summed E-state index contributed by atoms with van der Waals surface area (Å²) in [5, 5.41) is 9.98. The zero-order chi connectivity index (χ0) is 21.8. The van der Waals surface area contributed by atoms with Gasteiger partial charge in [-0.25, -0.2) is 0 Å². The second-order valence-electron chi connectivity index (χ2n) is 7.03. The van der Waals surface area contributed by atoms with E-state index in [4.69, 9.17) is 4.74 Å². The predicted octanol–water partition coefficient (Wildman–Crippen LogP) is 6.92. The summed E-state index contributed by atoms with van der Waals surface area (Å²) in [5.41, 5.74) is 2.83. The van der Waals surface area contributed by atoms with Crippen LogP contribution in [0.25, 0.3) is 0 Å². The molecule has 0 aliphatic carbocycles. The van der Waals surface area contributed by atoms with Gasteiger partial charge in [0.25, 0.3) is 0 Å². The lowest BCUT2D eigenvalue weighted by atomic mass is 9.96. The average Bonchev–Trinajstić information content (AvgIpc) is 2.61. The van der Waals surface area contributed by atoms with Crippen LogP contribution in [0.1, 0.15) is 49.3 Å². The van der Waals surface area contributed by atoms with E-state index in [1.54, 1.807) is 18.2 Å². The number of Topliss-reactive ketones (excluding diaryl/α,β-unsaturated/α-hetero) is 1. The van der Waals surface area contributed by atoms with Crippen LogP contribution in [0.4, 0.5) is 13.2 Å². The van der Waals surface area contributed by atoms with E-state index in [9.17, 15) is 23.1 Å². The lowest BCUT2D eigenvalue weighted by molar-refractivity contribution is -0.143. The van der Waals surface area contributed by atoms with Crippen molar-refractivity contribution in [2.24, 2.45) is 0 Å². The minimum Gasteiger partial charge on any atom is -0.508 e. The fraction of sp³-hybridized carbons (Fsp3) is 0.381. The molecule has 2 aromatic rings. The summed E-state index contributed by atoms with van der Waals surface area (Å²) in [6.07, 6.45) is -5.51. The lowest BCUT2D eigenvalue weighted by Crippen LogP contribution is -2.16. The molecule has 1 N–H and O–H groups in total. The Kier molecular flexibility index (Phi) is 8.17. The van der Waals surface area contributed by atoms with Crippen LogP contribution in [0.3, 0.4) is 0 Å². The Bertz CT molecular complexity index is 857.